The molecule has 0 aromatic heterocycles. The number of hydrogen-bond donors (Lipinski definition) is 5. The van der Waals surface area contributed by atoms with Gasteiger partial charge in [0.2, 0.25) is 0 Å². The molecular weight excluding hydrogens is 488 g/mol. The van der Waals surface area contributed by atoms with Gasteiger partial charge in [-0.25, -0.2) is 0 Å². The molecular formula is C34H62O5. The van der Waals surface area contributed by atoms with E-state index in [1.165, 1.54) is 19.3 Å². The average molecular weight is 551 g/mol. The van der Waals surface area contributed by atoms with E-state index in [4.69, 9.17) is 0 Å². The smallest absolute Gasteiger partial charge is 0.0682 e. The predicted molar refractivity (Wildman–Crippen MR) is 157 cm³/mol. The summed E-state index contributed by atoms with van der Waals surface area (Å²) in [6.45, 7) is 19.7. The highest BCUT2D eigenvalue weighted by Crippen LogP contribution is 2.70. The molecule has 228 valence electrons. The van der Waals surface area contributed by atoms with Crippen LogP contribution >= 0.6 is 0 Å². The standard InChI is InChI=1S/C34H62O5/c1-18(2)12-22(13-19(3)4)14-23-10-11-25(36)27-24(23)16-32(7)17-33(8)15-20(5)26(21(6)35)30(38)34(33,9)31(39)28(32)29(27)37/h18-31,35-39H,10-17H2,1-9H3. The average Bonchev–Trinajstić information content (AvgIpc) is 2.76. The summed E-state index contributed by atoms with van der Waals surface area (Å²) in [5.74, 6) is 1.94. The van der Waals surface area contributed by atoms with Crippen LogP contribution in [-0.2, 0) is 0 Å². The Morgan fingerprint density at radius 3 is 1.95 bits per heavy atom. The Hall–Kier alpha value is -0.200. The maximum Gasteiger partial charge on any atom is 0.0682 e. The zero-order chi connectivity index (χ0) is 29.2. The van der Waals surface area contributed by atoms with Crippen LogP contribution < -0.4 is 0 Å². The topological polar surface area (TPSA) is 101 Å². The summed E-state index contributed by atoms with van der Waals surface area (Å²) in [4.78, 5) is 0. The van der Waals surface area contributed by atoms with Crippen LogP contribution in [0.3, 0.4) is 0 Å². The molecule has 4 aliphatic carbocycles. The van der Waals surface area contributed by atoms with Crippen molar-refractivity contribution in [1.82, 2.24) is 0 Å². The lowest BCUT2D eigenvalue weighted by molar-refractivity contribution is -0.301. The fourth-order valence-corrected chi connectivity index (χ4v) is 11.5. The molecule has 4 aliphatic rings. The van der Waals surface area contributed by atoms with Gasteiger partial charge in [0.15, 0.2) is 0 Å². The number of aliphatic hydroxyl groups excluding tert-OH is 5. The van der Waals surface area contributed by atoms with Gasteiger partial charge in [0.25, 0.3) is 0 Å². The van der Waals surface area contributed by atoms with Crippen molar-refractivity contribution in [3.05, 3.63) is 0 Å². The zero-order valence-corrected chi connectivity index (χ0v) is 26.5. The van der Waals surface area contributed by atoms with Crippen molar-refractivity contribution >= 4 is 0 Å². The normalized spacial score (nSPS) is 51.0. The molecule has 5 N–H and O–H groups in total. The molecule has 14 atom stereocenters. The molecule has 5 nitrogen and oxygen atoms in total. The fourth-order valence-electron chi connectivity index (χ4n) is 11.5. The molecule has 4 rings (SSSR count). The molecule has 14 unspecified atom stereocenters. The van der Waals surface area contributed by atoms with Gasteiger partial charge in [-0.3, -0.25) is 0 Å². The molecule has 39 heavy (non-hydrogen) atoms. The van der Waals surface area contributed by atoms with Gasteiger partial charge in [-0.05, 0) is 105 Å². The molecule has 5 heteroatoms. The Morgan fingerprint density at radius 2 is 1.41 bits per heavy atom. The van der Waals surface area contributed by atoms with E-state index in [-0.39, 0.29) is 34.5 Å². The minimum atomic E-state index is -0.900. The fraction of sp³-hybridized carbons (Fsp3) is 1.00. The third kappa shape index (κ3) is 5.28. The van der Waals surface area contributed by atoms with Crippen molar-refractivity contribution in [2.45, 2.75) is 144 Å². The number of aliphatic hydroxyl groups is 5. The monoisotopic (exact) mass is 550 g/mol. The second-order valence-corrected chi connectivity index (χ2v) is 16.8. The van der Waals surface area contributed by atoms with Gasteiger partial charge >= 0.3 is 0 Å². The number of rotatable bonds is 7. The third-order valence-electron chi connectivity index (χ3n) is 12.9. The lowest BCUT2D eigenvalue weighted by Gasteiger charge is -2.71. The van der Waals surface area contributed by atoms with Gasteiger partial charge in [0.1, 0.15) is 0 Å². The first-order valence-electron chi connectivity index (χ1n) is 16.4. The largest absolute Gasteiger partial charge is 0.393 e. The maximum atomic E-state index is 12.2. The van der Waals surface area contributed by atoms with Crippen molar-refractivity contribution < 1.29 is 25.5 Å². The first kappa shape index (κ1) is 31.7. The van der Waals surface area contributed by atoms with Gasteiger partial charge in [-0.2, -0.15) is 0 Å². The molecule has 0 saturated heterocycles. The van der Waals surface area contributed by atoms with Crippen molar-refractivity contribution in [3.8, 4) is 0 Å². The van der Waals surface area contributed by atoms with Gasteiger partial charge in [0.05, 0.1) is 30.5 Å². The second-order valence-electron chi connectivity index (χ2n) is 16.8. The van der Waals surface area contributed by atoms with Gasteiger partial charge < -0.3 is 25.5 Å². The minimum absolute atomic E-state index is 0.142. The molecule has 0 bridgehead atoms. The van der Waals surface area contributed by atoms with E-state index in [2.05, 4.69) is 48.5 Å². The third-order valence-corrected chi connectivity index (χ3v) is 12.9. The van der Waals surface area contributed by atoms with Gasteiger partial charge in [-0.1, -0.05) is 55.4 Å². The van der Waals surface area contributed by atoms with Crippen molar-refractivity contribution in [3.63, 3.8) is 0 Å². The summed E-state index contributed by atoms with van der Waals surface area (Å²) in [6.07, 6.45) is 4.21. The SMILES string of the molecule is CC(C)CC(CC(C)C)CC1CCC(O)C2C(O)C3C(O)C4(C)C(O)C(C(C)O)C(C)CC4(C)CC3(C)CC12. The Kier molecular flexibility index (Phi) is 9.06. The summed E-state index contributed by atoms with van der Waals surface area (Å²) < 4.78 is 0. The lowest BCUT2D eigenvalue weighted by Crippen LogP contribution is -2.73. The van der Waals surface area contributed by atoms with Crippen LogP contribution in [0.4, 0.5) is 0 Å². The molecule has 0 spiro atoms. The Bertz CT molecular complexity index is 833. The first-order valence-corrected chi connectivity index (χ1v) is 16.4. The Labute approximate surface area is 239 Å². The van der Waals surface area contributed by atoms with E-state index in [1.54, 1.807) is 6.92 Å². The van der Waals surface area contributed by atoms with Gasteiger partial charge in [-0.15, -0.1) is 0 Å². The Morgan fingerprint density at radius 1 is 0.821 bits per heavy atom. The van der Waals surface area contributed by atoms with Crippen LogP contribution in [-0.4, -0.2) is 56.1 Å². The molecule has 0 aliphatic heterocycles. The van der Waals surface area contributed by atoms with Crippen LogP contribution in [0.15, 0.2) is 0 Å². The number of hydrogen-bond acceptors (Lipinski definition) is 5. The highest BCUT2D eigenvalue weighted by atomic mass is 16.3. The van der Waals surface area contributed by atoms with Crippen LogP contribution in [0.25, 0.3) is 0 Å². The zero-order valence-electron chi connectivity index (χ0n) is 26.5. The summed E-state index contributed by atoms with van der Waals surface area (Å²) in [7, 11) is 0. The quantitative estimate of drug-likeness (QED) is 0.282. The molecule has 0 amide bonds. The van der Waals surface area contributed by atoms with Crippen LogP contribution in [0.1, 0.15) is 114 Å². The molecule has 0 aromatic rings. The first-order chi connectivity index (χ1) is 18.0. The van der Waals surface area contributed by atoms with E-state index in [0.717, 1.165) is 32.1 Å². The van der Waals surface area contributed by atoms with Crippen LogP contribution in [0, 0.1) is 69.5 Å². The summed E-state index contributed by atoms with van der Waals surface area (Å²) >= 11 is 0. The molecule has 0 heterocycles. The van der Waals surface area contributed by atoms with E-state index in [0.29, 0.717) is 23.7 Å². The summed E-state index contributed by atoms with van der Waals surface area (Å²) in [5.41, 5.74) is -1.42. The summed E-state index contributed by atoms with van der Waals surface area (Å²) in [5, 5.41) is 58.0. The molecule has 4 saturated carbocycles. The predicted octanol–water partition coefficient (Wildman–Crippen LogP) is 5.65. The molecule has 0 aromatic carbocycles. The van der Waals surface area contributed by atoms with Crippen molar-refractivity contribution in [2.75, 3.05) is 0 Å². The van der Waals surface area contributed by atoms with E-state index >= 15 is 0 Å². The van der Waals surface area contributed by atoms with Crippen LogP contribution in [0.2, 0.25) is 0 Å². The number of fused-ring (bicyclic) bond motifs is 3. The molecule has 4 fully saturated rings. The minimum Gasteiger partial charge on any atom is -0.393 e. The van der Waals surface area contributed by atoms with E-state index in [9.17, 15) is 25.5 Å². The van der Waals surface area contributed by atoms with E-state index < -0.39 is 41.9 Å². The van der Waals surface area contributed by atoms with Gasteiger partial charge in [0, 0.05) is 23.2 Å². The highest BCUT2D eigenvalue weighted by Gasteiger charge is 2.71. The highest BCUT2D eigenvalue weighted by molar-refractivity contribution is 5.20. The molecule has 0 radical (unpaired) electrons. The summed E-state index contributed by atoms with van der Waals surface area (Å²) in [6, 6.07) is 0. The second kappa shape index (κ2) is 11.1. The van der Waals surface area contributed by atoms with E-state index in [1.807, 2.05) is 6.92 Å². The Balaban J connectivity index is 1.68. The van der Waals surface area contributed by atoms with Crippen LogP contribution in [0.5, 0.6) is 0 Å². The maximum absolute atomic E-state index is 12.2. The van der Waals surface area contributed by atoms with Crippen molar-refractivity contribution in [1.29, 1.82) is 0 Å². The lowest BCUT2D eigenvalue weighted by atomic mass is 9.36. The van der Waals surface area contributed by atoms with Crippen molar-refractivity contribution in [2.24, 2.45) is 69.5 Å².